The lowest BCUT2D eigenvalue weighted by Gasteiger charge is -2.51. The van der Waals surface area contributed by atoms with Crippen molar-refractivity contribution in [1.29, 1.82) is 0 Å². The molecule has 1 aromatic rings. The predicted molar refractivity (Wildman–Crippen MR) is 88.1 cm³/mol. The van der Waals surface area contributed by atoms with Gasteiger partial charge in [0.1, 0.15) is 5.75 Å². The van der Waals surface area contributed by atoms with E-state index >= 15 is 0 Å². The Morgan fingerprint density at radius 2 is 2.00 bits per heavy atom. The zero-order valence-electron chi connectivity index (χ0n) is 13.8. The number of benzene rings is 1. The molecule has 2 N–H and O–H groups in total. The molecule has 0 heterocycles. The van der Waals surface area contributed by atoms with Gasteiger partial charge in [-0.3, -0.25) is 0 Å². The van der Waals surface area contributed by atoms with E-state index in [4.69, 9.17) is 0 Å². The van der Waals surface area contributed by atoms with Gasteiger partial charge in [-0.2, -0.15) is 0 Å². The molecule has 0 saturated heterocycles. The number of aromatic hydroxyl groups is 1. The molecule has 2 heteroatoms. The molecule has 22 heavy (non-hydrogen) atoms. The first-order valence-corrected chi connectivity index (χ1v) is 9.05. The zero-order valence-corrected chi connectivity index (χ0v) is 13.8. The van der Waals surface area contributed by atoms with Gasteiger partial charge in [0.2, 0.25) is 0 Å². The van der Waals surface area contributed by atoms with Gasteiger partial charge in [-0.05, 0) is 90.9 Å². The zero-order chi connectivity index (χ0) is 15.5. The number of hydrogen-bond acceptors (Lipinski definition) is 2. The monoisotopic (exact) mass is 300 g/mol. The summed E-state index contributed by atoms with van der Waals surface area (Å²) in [5, 5.41) is 20.4. The third-order valence-electron chi connectivity index (χ3n) is 7.35. The molecule has 1 aromatic carbocycles. The van der Waals surface area contributed by atoms with E-state index in [0.717, 1.165) is 25.2 Å². The molecule has 3 aliphatic rings. The van der Waals surface area contributed by atoms with Crippen LogP contribution in [-0.2, 0) is 0 Å². The van der Waals surface area contributed by atoms with Gasteiger partial charge in [0.25, 0.3) is 0 Å². The Bertz CT molecular complexity index is 581. The first-order valence-electron chi connectivity index (χ1n) is 9.05. The van der Waals surface area contributed by atoms with Crippen molar-refractivity contribution in [3.05, 3.63) is 29.3 Å². The molecule has 3 aliphatic carbocycles. The lowest BCUT2D eigenvalue weighted by molar-refractivity contribution is -0.0250. The van der Waals surface area contributed by atoms with Crippen LogP contribution < -0.4 is 0 Å². The summed E-state index contributed by atoms with van der Waals surface area (Å²) in [5.74, 6) is 3.02. The lowest BCUT2D eigenvalue weighted by atomic mass is 9.54. The second-order valence-electron chi connectivity index (χ2n) is 8.17. The molecule has 2 nitrogen and oxygen atoms in total. The van der Waals surface area contributed by atoms with E-state index in [2.05, 4.69) is 19.9 Å². The van der Waals surface area contributed by atoms with Crippen molar-refractivity contribution < 1.29 is 10.2 Å². The standard InChI is InChI=1S/C20H28O2/c1-3-12-10-17-15(14-5-4-13(21)11-16(12)14)8-9-20(2)18(17)6-7-19(20)22/h4-5,11-12,15,17-19,21-22H,3,6-10H2,1-2H3/t12-,15?,17?,18?,19+,20+/m1/s1. The van der Waals surface area contributed by atoms with E-state index in [0.29, 0.717) is 23.5 Å². The van der Waals surface area contributed by atoms with Gasteiger partial charge in [0, 0.05) is 0 Å². The first-order chi connectivity index (χ1) is 10.5. The summed E-state index contributed by atoms with van der Waals surface area (Å²) >= 11 is 0. The number of aliphatic hydroxyl groups excluding tert-OH is 1. The highest BCUT2D eigenvalue weighted by Crippen LogP contribution is 2.62. The third kappa shape index (κ3) is 1.89. The fourth-order valence-corrected chi connectivity index (χ4v) is 6.07. The summed E-state index contributed by atoms with van der Waals surface area (Å²) in [5.41, 5.74) is 3.03. The van der Waals surface area contributed by atoms with E-state index in [-0.39, 0.29) is 11.5 Å². The molecule has 2 saturated carbocycles. The van der Waals surface area contributed by atoms with Crippen LogP contribution in [-0.4, -0.2) is 16.3 Å². The lowest BCUT2D eigenvalue weighted by Crippen LogP contribution is -2.44. The minimum absolute atomic E-state index is 0.0975. The number of phenols is 1. The average molecular weight is 300 g/mol. The summed E-state index contributed by atoms with van der Waals surface area (Å²) in [6.07, 6.45) is 6.82. The number of aliphatic hydroxyl groups is 1. The Labute approximate surface area is 133 Å². The minimum atomic E-state index is -0.0975. The molecular formula is C20H28O2. The second-order valence-corrected chi connectivity index (χ2v) is 8.17. The van der Waals surface area contributed by atoms with Gasteiger partial charge in [-0.1, -0.05) is 19.9 Å². The maximum absolute atomic E-state index is 10.5. The van der Waals surface area contributed by atoms with Crippen LogP contribution in [0.3, 0.4) is 0 Å². The third-order valence-corrected chi connectivity index (χ3v) is 7.35. The smallest absolute Gasteiger partial charge is 0.115 e. The van der Waals surface area contributed by atoms with Crippen molar-refractivity contribution in [2.45, 2.75) is 70.3 Å². The van der Waals surface area contributed by atoms with Crippen molar-refractivity contribution in [3.8, 4) is 5.75 Å². The fourth-order valence-electron chi connectivity index (χ4n) is 6.07. The Morgan fingerprint density at radius 1 is 1.18 bits per heavy atom. The molecule has 2 fully saturated rings. The Morgan fingerprint density at radius 3 is 2.77 bits per heavy atom. The maximum Gasteiger partial charge on any atom is 0.115 e. The van der Waals surface area contributed by atoms with Crippen LogP contribution in [0.15, 0.2) is 18.2 Å². The van der Waals surface area contributed by atoms with Gasteiger partial charge >= 0.3 is 0 Å². The van der Waals surface area contributed by atoms with Crippen molar-refractivity contribution in [2.24, 2.45) is 17.3 Å². The number of rotatable bonds is 1. The van der Waals surface area contributed by atoms with Crippen LogP contribution in [0.5, 0.6) is 5.75 Å². The molecular weight excluding hydrogens is 272 g/mol. The van der Waals surface area contributed by atoms with Gasteiger partial charge in [-0.25, -0.2) is 0 Å². The SMILES string of the molecule is CC[C@@H]1CC2C(CC[C@@]3(C)C2CC[C@@H]3O)c2ccc(O)cc21. The van der Waals surface area contributed by atoms with E-state index in [1.54, 1.807) is 0 Å². The normalized spacial score (nSPS) is 43.3. The largest absolute Gasteiger partial charge is 0.508 e. The molecule has 6 atom stereocenters. The molecule has 3 unspecified atom stereocenters. The Kier molecular flexibility index (Phi) is 3.30. The van der Waals surface area contributed by atoms with E-state index < -0.39 is 0 Å². The van der Waals surface area contributed by atoms with Crippen LogP contribution in [0.4, 0.5) is 0 Å². The van der Waals surface area contributed by atoms with Gasteiger partial charge in [0.15, 0.2) is 0 Å². The maximum atomic E-state index is 10.5. The average Bonchev–Trinajstić information content (AvgIpc) is 2.82. The van der Waals surface area contributed by atoms with Crippen molar-refractivity contribution in [2.75, 3.05) is 0 Å². The Hall–Kier alpha value is -1.02. The quantitative estimate of drug-likeness (QED) is 0.798. The highest BCUT2D eigenvalue weighted by Gasteiger charge is 2.55. The molecule has 0 aromatic heterocycles. The topological polar surface area (TPSA) is 40.5 Å². The minimum Gasteiger partial charge on any atom is -0.508 e. The molecule has 0 bridgehead atoms. The second kappa shape index (κ2) is 4.99. The molecule has 120 valence electrons. The Balaban J connectivity index is 1.76. The highest BCUT2D eigenvalue weighted by molar-refractivity contribution is 5.42. The first kappa shape index (κ1) is 14.6. The van der Waals surface area contributed by atoms with Crippen LogP contribution in [0, 0.1) is 17.3 Å². The molecule has 0 spiro atoms. The number of fused-ring (bicyclic) bond motifs is 5. The summed E-state index contributed by atoms with van der Waals surface area (Å²) in [6.45, 7) is 4.60. The van der Waals surface area contributed by atoms with Crippen LogP contribution in [0.2, 0.25) is 0 Å². The summed E-state index contributed by atoms with van der Waals surface area (Å²) in [6, 6.07) is 6.06. The van der Waals surface area contributed by atoms with Crippen molar-refractivity contribution >= 4 is 0 Å². The summed E-state index contributed by atoms with van der Waals surface area (Å²) in [7, 11) is 0. The van der Waals surface area contributed by atoms with Gasteiger partial charge in [0.05, 0.1) is 6.10 Å². The van der Waals surface area contributed by atoms with Crippen molar-refractivity contribution in [1.82, 2.24) is 0 Å². The predicted octanol–water partition coefficient (Wildman–Crippen LogP) is 4.56. The summed E-state index contributed by atoms with van der Waals surface area (Å²) < 4.78 is 0. The van der Waals surface area contributed by atoms with E-state index in [1.807, 2.05) is 12.1 Å². The van der Waals surface area contributed by atoms with Crippen molar-refractivity contribution in [3.63, 3.8) is 0 Å². The van der Waals surface area contributed by atoms with Crippen LogP contribution >= 0.6 is 0 Å². The molecule has 0 aliphatic heterocycles. The fraction of sp³-hybridized carbons (Fsp3) is 0.700. The number of hydrogen-bond donors (Lipinski definition) is 2. The van der Waals surface area contributed by atoms with E-state index in [1.165, 1.54) is 30.4 Å². The summed E-state index contributed by atoms with van der Waals surface area (Å²) in [4.78, 5) is 0. The molecule has 0 radical (unpaired) electrons. The molecule has 0 amide bonds. The molecule has 4 rings (SSSR count). The van der Waals surface area contributed by atoms with Gasteiger partial charge in [-0.15, -0.1) is 0 Å². The van der Waals surface area contributed by atoms with Crippen LogP contribution in [0.1, 0.15) is 75.3 Å². The highest BCUT2D eigenvalue weighted by atomic mass is 16.3. The number of phenolic OH excluding ortho intramolecular Hbond substituents is 1. The van der Waals surface area contributed by atoms with Crippen LogP contribution in [0.25, 0.3) is 0 Å². The van der Waals surface area contributed by atoms with E-state index in [9.17, 15) is 10.2 Å². The van der Waals surface area contributed by atoms with Gasteiger partial charge < -0.3 is 10.2 Å².